The Bertz CT molecular complexity index is 2340. The number of ether oxygens (including phenoxy) is 1. The van der Waals surface area contributed by atoms with Gasteiger partial charge in [0.1, 0.15) is 21.9 Å². The highest BCUT2D eigenvalue weighted by atomic mass is 32.2. The Hall–Kier alpha value is -5.22. The minimum absolute atomic E-state index is 0.0278. The minimum atomic E-state index is -4.03. The molecule has 4 aromatic heterocycles. The lowest BCUT2D eigenvalue weighted by Crippen LogP contribution is -2.35. The number of unbranched alkanes of at least 4 members (excludes halogenated alkanes) is 2. The van der Waals surface area contributed by atoms with Crippen LogP contribution in [0.5, 0.6) is 0 Å². The summed E-state index contributed by atoms with van der Waals surface area (Å²) >= 11 is 1.30. The van der Waals surface area contributed by atoms with Gasteiger partial charge < -0.3 is 9.64 Å². The van der Waals surface area contributed by atoms with Gasteiger partial charge in [0.15, 0.2) is 5.13 Å². The van der Waals surface area contributed by atoms with Gasteiger partial charge in [0, 0.05) is 54.6 Å². The molecule has 1 aliphatic carbocycles. The van der Waals surface area contributed by atoms with Gasteiger partial charge in [-0.05, 0) is 93.3 Å². The zero-order chi connectivity index (χ0) is 39.9. The van der Waals surface area contributed by atoms with Gasteiger partial charge in [-0.25, -0.2) is 28.1 Å². The molecular formula is C41H48N8O6S2. The molecule has 2 aliphatic rings. The number of hydrogen-bond acceptors (Lipinski definition) is 12. The highest BCUT2D eigenvalue weighted by Crippen LogP contribution is 2.33. The van der Waals surface area contributed by atoms with E-state index < -0.39 is 15.9 Å². The van der Waals surface area contributed by atoms with Crippen LogP contribution >= 0.6 is 11.3 Å². The second-order valence-corrected chi connectivity index (χ2v) is 17.5. The molecule has 0 spiro atoms. The lowest BCUT2D eigenvalue weighted by Gasteiger charge is -2.31. The predicted octanol–water partition coefficient (Wildman–Crippen LogP) is 6.84. The molecule has 1 aromatic carbocycles. The van der Waals surface area contributed by atoms with Crippen LogP contribution in [0.25, 0.3) is 21.5 Å². The van der Waals surface area contributed by atoms with Gasteiger partial charge in [-0.15, -0.1) is 0 Å². The first-order chi connectivity index (χ1) is 27.6. The normalized spacial score (nSPS) is 14.7. The molecule has 0 bridgehead atoms. The summed E-state index contributed by atoms with van der Waals surface area (Å²) in [6.45, 7) is 5.69. The third-order valence-electron chi connectivity index (χ3n) is 10.7. The van der Waals surface area contributed by atoms with Gasteiger partial charge in [-0.1, -0.05) is 49.2 Å². The lowest BCUT2D eigenvalue weighted by atomic mass is 9.89. The van der Waals surface area contributed by atoms with Crippen molar-refractivity contribution in [3.8, 4) is 11.1 Å². The molecule has 1 aliphatic heterocycles. The van der Waals surface area contributed by atoms with Crippen molar-refractivity contribution in [1.29, 1.82) is 0 Å². The summed E-state index contributed by atoms with van der Waals surface area (Å²) < 4.78 is 35.7. The van der Waals surface area contributed by atoms with Crippen LogP contribution in [-0.2, 0) is 39.1 Å². The van der Waals surface area contributed by atoms with Crippen LogP contribution in [0.1, 0.15) is 102 Å². The summed E-state index contributed by atoms with van der Waals surface area (Å²) in [6.07, 6.45) is 11.5. The first-order valence-electron chi connectivity index (χ1n) is 19.7. The third-order valence-corrected chi connectivity index (χ3v) is 12.9. The fourth-order valence-corrected chi connectivity index (χ4v) is 9.58. The highest BCUT2D eigenvalue weighted by Gasteiger charge is 2.28. The van der Waals surface area contributed by atoms with E-state index in [1.165, 1.54) is 30.6 Å². The number of sulfonamides is 1. The number of hydrogen-bond donors (Lipinski definition) is 2. The van der Waals surface area contributed by atoms with Crippen LogP contribution in [0, 0.1) is 12.8 Å². The summed E-state index contributed by atoms with van der Waals surface area (Å²) in [6, 6.07) is 13.0. The Labute approximate surface area is 336 Å². The molecule has 16 heteroatoms. The molecule has 2 N–H and O–H groups in total. The third kappa shape index (κ3) is 9.67. The van der Waals surface area contributed by atoms with Gasteiger partial charge >= 0.3 is 5.97 Å². The zero-order valence-corrected chi connectivity index (χ0v) is 34.0. The molecular weight excluding hydrogens is 765 g/mol. The molecule has 7 rings (SSSR count). The van der Waals surface area contributed by atoms with Gasteiger partial charge in [0.25, 0.3) is 11.8 Å². The number of fused-ring (bicyclic) bond motifs is 2. The fraction of sp³-hybridized carbons (Fsp3) is 0.439. The molecule has 1 fully saturated rings. The summed E-state index contributed by atoms with van der Waals surface area (Å²) in [5, 5.41) is 8.10. The maximum absolute atomic E-state index is 14.0. The number of amides is 2. The van der Waals surface area contributed by atoms with Crippen LogP contribution in [0.3, 0.4) is 0 Å². The number of rotatable bonds is 15. The Morgan fingerprint density at radius 3 is 2.61 bits per heavy atom. The van der Waals surface area contributed by atoms with E-state index in [0.29, 0.717) is 78.0 Å². The molecule has 14 nitrogen and oxygen atoms in total. The molecule has 0 radical (unpaired) electrons. The summed E-state index contributed by atoms with van der Waals surface area (Å²) in [4.78, 5) is 55.8. The number of nitrogens with zero attached hydrogens (tertiary/aromatic N) is 6. The van der Waals surface area contributed by atoms with Crippen LogP contribution < -0.4 is 14.9 Å². The quantitative estimate of drug-likeness (QED) is 0.0836. The van der Waals surface area contributed by atoms with Crippen molar-refractivity contribution in [2.75, 3.05) is 29.1 Å². The molecule has 5 aromatic rings. The van der Waals surface area contributed by atoms with E-state index in [1.54, 1.807) is 31.5 Å². The molecule has 2 amide bonds. The van der Waals surface area contributed by atoms with Gasteiger partial charge in [-0.2, -0.15) is 5.10 Å². The van der Waals surface area contributed by atoms with Crippen molar-refractivity contribution < 1.29 is 27.5 Å². The first kappa shape index (κ1) is 40.0. The van der Waals surface area contributed by atoms with Gasteiger partial charge in [0.05, 0.1) is 18.6 Å². The average Bonchev–Trinajstić information content (AvgIpc) is 3.79. The minimum Gasteiger partial charge on any atom is -0.466 e. The standard InChI is InChI=1S/C41H48N8O6S2/c1-3-55-36(50)17-8-5-9-23-57(53,54)47-39(52)37-30(32-24-43-49(27(32)2)25-28-12-6-4-7-13-28)18-19-35(45-37)48-22-20-29-14-10-15-31(33(29)26-48)38(51)46-41-44-34-16-11-21-42-40(34)56-41/h10-11,14-16,18-19,21,24,28H,3-9,12-13,17,20,22-23,25-26H2,1-2H3,(H,47,52)(H,44,46,51). The second kappa shape index (κ2) is 17.9. The van der Waals surface area contributed by atoms with E-state index >= 15 is 0 Å². The number of benzene rings is 1. The Kier molecular flexibility index (Phi) is 12.6. The zero-order valence-electron chi connectivity index (χ0n) is 32.3. The Morgan fingerprint density at radius 2 is 1.81 bits per heavy atom. The van der Waals surface area contributed by atoms with Crippen molar-refractivity contribution >= 4 is 60.4 Å². The number of carbonyl (C=O) groups is 3. The second-order valence-electron chi connectivity index (χ2n) is 14.7. The SMILES string of the molecule is CCOC(=O)CCCCCS(=O)(=O)NC(=O)c1nc(N2CCc3cccc(C(=O)Nc4nc5cccnc5s4)c3C2)ccc1-c1cnn(CC2CCCCC2)c1C. The number of aromatic nitrogens is 5. The van der Waals surface area contributed by atoms with E-state index in [0.717, 1.165) is 41.0 Å². The maximum Gasteiger partial charge on any atom is 0.305 e. The number of anilines is 2. The topological polar surface area (TPSA) is 178 Å². The molecule has 5 heterocycles. The fourth-order valence-electron chi connectivity index (χ4n) is 7.71. The van der Waals surface area contributed by atoms with Crippen molar-refractivity contribution in [3.05, 3.63) is 82.9 Å². The molecule has 300 valence electrons. The molecule has 57 heavy (non-hydrogen) atoms. The van der Waals surface area contributed by atoms with Crippen molar-refractivity contribution in [2.24, 2.45) is 5.92 Å². The van der Waals surface area contributed by atoms with E-state index in [4.69, 9.17) is 14.8 Å². The summed E-state index contributed by atoms with van der Waals surface area (Å²) in [7, 11) is -4.03. The predicted molar refractivity (Wildman–Crippen MR) is 220 cm³/mol. The molecule has 0 unspecified atom stereocenters. The number of carbonyl (C=O) groups excluding carboxylic acids is 3. The Balaban J connectivity index is 1.13. The number of esters is 1. The maximum atomic E-state index is 14.0. The van der Waals surface area contributed by atoms with Crippen LogP contribution in [0.2, 0.25) is 0 Å². The smallest absolute Gasteiger partial charge is 0.305 e. The number of pyridine rings is 2. The van der Waals surface area contributed by atoms with Crippen LogP contribution in [0.15, 0.2) is 54.9 Å². The van der Waals surface area contributed by atoms with Gasteiger partial charge in [0.2, 0.25) is 10.0 Å². The molecule has 1 saturated carbocycles. The van der Waals surface area contributed by atoms with Crippen molar-refractivity contribution in [1.82, 2.24) is 29.5 Å². The van der Waals surface area contributed by atoms with E-state index in [1.807, 2.05) is 46.8 Å². The lowest BCUT2D eigenvalue weighted by molar-refractivity contribution is -0.143. The highest BCUT2D eigenvalue weighted by molar-refractivity contribution is 7.90. The largest absolute Gasteiger partial charge is 0.466 e. The summed E-state index contributed by atoms with van der Waals surface area (Å²) in [5.74, 6) is -0.711. The van der Waals surface area contributed by atoms with Gasteiger partial charge in [-0.3, -0.25) is 24.4 Å². The molecule has 0 atom stereocenters. The van der Waals surface area contributed by atoms with Crippen molar-refractivity contribution in [3.63, 3.8) is 0 Å². The van der Waals surface area contributed by atoms with Crippen molar-refractivity contribution in [2.45, 2.75) is 91.1 Å². The van der Waals surface area contributed by atoms with E-state index in [9.17, 15) is 22.8 Å². The average molecular weight is 813 g/mol. The van der Waals surface area contributed by atoms with E-state index in [2.05, 4.69) is 20.0 Å². The van der Waals surface area contributed by atoms with Crippen LogP contribution in [-0.4, -0.2) is 69.8 Å². The van der Waals surface area contributed by atoms with E-state index in [-0.39, 0.29) is 36.2 Å². The van der Waals surface area contributed by atoms with Crippen LogP contribution in [0.4, 0.5) is 10.9 Å². The monoisotopic (exact) mass is 812 g/mol. The first-order valence-corrected chi connectivity index (χ1v) is 22.2. The Morgan fingerprint density at radius 1 is 0.965 bits per heavy atom. The molecule has 0 saturated heterocycles. The number of thiazole rings is 1. The summed E-state index contributed by atoms with van der Waals surface area (Å²) in [5.41, 5.74) is 5.12. The number of nitrogens with one attached hydrogen (secondary N) is 2.